The molecule has 0 saturated heterocycles. The van der Waals surface area contributed by atoms with Crippen molar-refractivity contribution in [1.29, 1.82) is 0 Å². The Bertz CT molecular complexity index is 71.4. The Kier molecular flexibility index (Phi) is 43.2. The molecule has 0 aromatic rings. The van der Waals surface area contributed by atoms with E-state index in [2.05, 4.69) is 9.24 Å². The number of hydrogen-bond acceptors (Lipinski definition) is 2. The molecule has 0 bridgehead atoms. The molecule has 0 radical (unpaired) electrons. The van der Waals surface area contributed by atoms with Gasteiger partial charge in [-0.15, -0.1) is 21.6 Å². The van der Waals surface area contributed by atoms with E-state index in [4.69, 9.17) is 5.11 Å². The van der Waals surface area contributed by atoms with Crippen molar-refractivity contribution in [3.05, 3.63) is 6.08 Å². The molecule has 1 unspecified atom stereocenters. The lowest BCUT2D eigenvalue weighted by atomic mass is 10.8. The van der Waals surface area contributed by atoms with E-state index >= 15 is 0 Å². The third-order valence-corrected chi connectivity index (χ3v) is 0.437. The molecule has 0 saturated carbocycles. The summed E-state index contributed by atoms with van der Waals surface area (Å²) in [5, 5.41) is 7.57. The van der Waals surface area contributed by atoms with Crippen LogP contribution >= 0.6 is 21.6 Å². The van der Waals surface area contributed by atoms with Crippen molar-refractivity contribution in [2.75, 3.05) is 12.8 Å². The molecule has 0 aromatic carbocycles. The lowest BCUT2D eigenvalue weighted by Crippen LogP contribution is -1.57. The second-order valence-electron chi connectivity index (χ2n) is 0.874. The minimum absolute atomic E-state index is 0. The topological polar surface area (TPSA) is 37.3 Å². The summed E-state index contributed by atoms with van der Waals surface area (Å²) < 4.78 is 0. The van der Waals surface area contributed by atoms with Crippen LogP contribution in [0, 0.1) is 0 Å². The zero-order valence-corrected chi connectivity index (χ0v) is 7.30. The molecule has 0 fully saturated rings. The maximum absolute atomic E-state index is 9.21. The van der Waals surface area contributed by atoms with Crippen LogP contribution in [0.15, 0.2) is 6.08 Å². The van der Waals surface area contributed by atoms with Crippen molar-refractivity contribution < 1.29 is 9.90 Å². The van der Waals surface area contributed by atoms with Crippen molar-refractivity contribution in [1.82, 2.24) is 0 Å². The molecular weight excluding hydrogens is 158 g/mol. The van der Waals surface area contributed by atoms with E-state index in [9.17, 15) is 4.79 Å². The Balaban J connectivity index is -0.0000000800. The van der Waals surface area contributed by atoms with Crippen LogP contribution in [0.5, 0.6) is 0 Å². The molecular formula is C5H12ClO2P. The molecule has 4 heteroatoms. The molecule has 0 aliphatic carbocycles. The molecule has 0 amide bonds. The van der Waals surface area contributed by atoms with Gasteiger partial charge in [0, 0.05) is 12.7 Å². The third-order valence-electron chi connectivity index (χ3n) is 0.201. The van der Waals surface area contributed by atoms with Gasteiger partial charge in [0.25, 0.3) is 0 Å². The van der Waals surface area contributed by atoms with Gasteiger partial charge in [-0.2, -0.15) is 0 Å². The maximum atomic E-state index is 9.21. The second kappa shape index (κ2) is 24.2. The zero-order valence-electron chi connectivity index (χ0n) is 5.33. The van der Waals surface area contributed by atoms with Gasteiger partial charge in [-0.3, -0.25) is 0 Å². The van der Waals surface area contributed by atoms with Gasteiger partial charge in [0.05, 0.1) is 0 Å². The SMILES string of the molecule is CCO.Cl.O=C=CCP. The lowest BCUT2D eigenvalue weighted by Gasteiger charge is -1.56. The summed E-state index contributed by atoms with van der Waals surface area (Å²) in [6.45, 7) is 1.93. The van der Waals surface area contributed by atoms with Crippen LogP contribution in [0.2, 0.25) is 0 Å². The first-order valence-electron chi connectivity index (χ1n) is 2.33. The van der Waals surface area contributed by atoms with Crippen LogP contribution in [0.3, 0.4) is 0 Å². The van der Waals surface area contributed by atoms with E-state index in [1.54, 1.807) is 12.9 Å². The quantitative estimate of drug-likeness (QED) is 0.464. The fourth-order valence-corrected chi connectivity index (χ4v) is 0.144. The normalized spacial score (nSPS) is 5.22. The minimum Gasteiger partial charge on any atom is -0.397 e. The van der Waals surface area contributed by atoms with Gasteiger partial charge in [0.2, 0.25) is 0 Å². The van der Waals surface area contributed by atoms with Gasteiger partial charge >= 0.3 is 0 Å². The fraction of sp³-hybridized carbons (Fsp3) is 0.600. The Morgan fingerprint density at radius 3 is 2.11 bits per heavy atom. The number of carbonyl (C=O) groups excluding carboxylic acids is 1. The summed E-state index contributed by atoms with van der Waals surface area (Å²) in [6.07, 6.45) is 2.12. The minimum atomic E-state index is 0. The molecule has 0 heterocycles. The number of aliphatic hydroxyl groups is 1. The zero-order chi connectivity index (χ0) is 6.83. The molecule has 1 N–H and O–H groups in total. The predicted octanol–water partition coefficient (Wildman–Crippen LogP) is 0.670. The summed E-state index contributed by atoms with van der Waals surface area (Å²) in [7, 11) is 2.38. The Labute approximate surface area is 64.0 Å². The van der Waals surface area contributed by atoms with Gasteiger partial charge in [-0.25, -0.2) is 4.79 Å². The van der Waals surface area contributed by atoms with Gasteiger partial charge in [0.1, 0.15) is 5.94 Å². The van der Waals surface area contributed by atoms with Gasteiger partial charge in [-0.1, -0.05) is 0 Å². The Morgan fingerprint density at radius 2 is 2.11 bits per heavy atom. The first-order valence-corrected chi connectivity index (χ1v) is 3.15. The van der Waals surface area contributed by atoms with E-state index in [1.807, 2.05) is 0 Å². The molecule has 0 aliphatic rings. The summed E-state index contributed by atoms with van der Waals surface area (Å²) in [5.41, 5.74) is 0. The summed E-state index contributed by atoms with van der Waals surface area (Å²) in [4.78, 5) is 9.21. The fourth-order valence-electron chi connectivity index (χ4n) is 0.0481. The number of aliphatic hydroxyl groups excluding tert-OH is 1. The van der Waals surface area contributed by atoms with Crippen LogP contribution < -0.4 is 0 Å². The number of hydrogen-bond donors (Lipinski definition) is 1. The van der Waals surface area contributed by atoms with E-state index in [-0.39, 0.29) is 19.0 Å². The molecule has 0 spiro atoms. The van der Waals surface area contributed by atoms with Crippen LogP contribution in [0.4, 0.5) is 0 Å². The van der Waals surface area contributed by atoms with Crippen molar-refractivity contribution in [2.24, 2.45) is 0 Å². The summed E-state index contributed by atoms with van der Waals surface area (Å²) in [5.74, 6) is 1.62. The smallest absolute Gasteiger partial charge is 0.120 e. The Morgan fingerprint density at radius 1 is 1.78 bits per heavy atom. The van der Waals surface area contributed by atoms with Crippen LogP contribution in [-0.4, -0.2) is 23.8 Å². The molecule has 56 valence electrons. The standard InChI is InChI=1S/C3H5OP.C2H6O.ClH/c4-2-1-3-5;1-2-3;/h1H,3,5H2;3H,2H2,1H3;1H. The monoisotopic (exact) mass is 170 g/mol. The van der Waals surface area contributed by atoms with E-state index < -0.39 is 0 Å². The molecule has 0 rings (SSSR count). The molecule has 0 aromatic heterocycles. The number of rotatable bonds is 1. The number of halogens is 1. The molecule has 1 atom stereocenters. The molecule has 0 aliphatic heterocycles. The van der Waals surface area contributed by atoms with E-state index in [0.717, 1.165) is 0 Å². The predicted molar refractivity (Wildman–Crippen MR) is 44.8 cm³/mol. The van der Waals surface area contributed by atoms with E-state index in [1.165, 1.54) is 6.08 Å². The first kappa shape index (κ1) is 16.1. The van der Waals surface area contributed by atoms with Gasteiger partial charge in [0.15, 0.2) is 0 Å². The average Bonchev–Trinajstić information content (AvgIpc) is 1.71. The summed E-state index contributed by atoms with van der Waals surface area (Å²) in [6, 6.07) is 0. The highest BCUT2D eigenvalue weighted by molar-refractivity contribution is 7.16. The maximum Gasteiger partial charge on any atom is 0.120 e. The largest absolute Gasteiger partial charge is 0.397 e. The first-order chi connectivity index (χ1) is 3.83. The molecule has 2 nitrogen and oxygen atoms in total. The second-order valence-corrected chi connectivity index (χ2v) is 1.35. The van der Waals surface area contributed by atoms with Crippen molar-refractivity contribution in [2.45, 2.75) is 6.92 Å². The van der Waals surface area contributed by atoms with Gasteiger partial charge in [-0.05, 0) is 13.1 Å². The molecule has 9 heavy (non-hydrogen) atoms. The summed E-state index contributed by atoms with van der Waals surface area (Å²) >= 11 is 0. The third kappa shape index (κ3) is 67.3. The van der Waals surface area contributed by atoms with Crippen LogP contribution in [-0.2, 0) is 4.79 Å². The van der Waals surface area contributed by atoms with Crippen LogP contribution in [0.1, 0.15) is 6.92 Å². The average molecular weight is 171 g/mol. The van der Waals surface area contributed by atoms with Crippen LogP contribution in [0.25, 0.3) is 0 Å². The van der Waals surface area contributed by atoms with E-state index in [0.29, 0.717) is 6.16 Å². The number of allylic oxidation sites excluding steroid dienone is 1. The van der Waals surface area contributed by atoms with Crippen molar-refractivity contribution in [3.63, 3.8) is 0 Å². The highest BCUT2D eigenvalue weighted by atomic mass is 35.5. The van der Waals surface area contributed by atoms with Crippen molar-refractivity contribution >= 4 is 27.6 Å². The lowest BCUT2D eigenvalue weighted by molar-refractivity contribution is 0.318. The highest BCUT2D eigenvalue weighted by Gasteiger charge is 1.53. The van der Waals surface area contributed by atoms with Crippen molar-refractivity contribution in [3.8, 4) is 0 Å². The Hall–Kier alpha value is 0.130. The highest BCUT2D eigenvalue weighted by Crippen LogP contribution is 1.73. The van der Waals surface area contributed by atoms with Gasteiger partial charge < -0.3 is 5.11 Å².